The standard InChI is InChI=1S/C15H14BrFO/c16-14-7-3-1-5-11(14)9-13(18)10-12-6-2-4-8-15(12)17/h1-8,13,18H,9-10H2. The van der Waals surface area contributed by atoms with Crippen molar-refractivity contribution in [2.45, 2.75) is 18.9 Å². The Hall–Kier alpha value is -1.19. The minimum absolute atomic E-state index is 0.260. The van der Waals surface area contributed by atoms with Crippen LogP contribution in [-0.4, -0.2) is 11.2 Å². The van der Waals surface area contributed by atoms with E-state index in [1.54, 1.807) is 18.2 Å². The van der Waals surface area contributed by atoms with E-state index in [1.807, 2.05) is 24.3 Å². The molecule has 1 nitrogen and oxygen atoms in total. The van der Waals surface area contributed by atoms with Crippen molar-refractivity contribution in [3.05, 3.63) is 69.9 Å². The molecule has 1 atom stereocenters. The Bertz CT molecular complexity index is 480. The summed E-state index contributed by atoms with van der Waals surface area (Å²) in [6.07, 6.45) is 0.254. The summed E-state index contributed by atoms with van der Waals surface area (Å²) < 4.78 is 14.4. The SMILES string of the molecule is OC(Cc1ccccc1F)Cc1ccccc1Br. The summed E-state index contributed by atoms with van der Waals surface area (Å²) in [7, 11) is 0. The molecule has 1 unspecified atom stereocenters. The fraction of sp³-hybridized carbons (Fsp3) is 0.200. The molecule has 0 aliphatic carbocycles. The molecule has 0 radical (unpaired) electrons. The number of hydrogen-bond donors (Lipinski definition) is 1. The van der Waals surface area contributed by atoms with Gasteiger partial charge in [-0.1, -0.05) is 52.3 Å². The summed E-state index contributed by atoms with van der Waals surface area (Å²) in [5, 5.41) is 10.0. The molecule has 0 spiro atoms. The Morgan fingerprint density at radius 1 is 0.944 bits per heavy atom. The summed E-state index contributed by atoms with van der Waals surface area (Å²) in [5.41, 5.74) is 1.58. The van der Waals surface area contributed by atoms with Crippen molar-refractivity contribution in [2.75, 3.05) is 0 Å². The molecule has 0 saturated heterocycles. The Kier molecular flexibility index (Phi) is 4.50. The average Bonchev–Trinajstić information content (AvgIpc) is 2.35. The smallest absolute Gasteiger partial charge is 0.126 e. The monoisotopic (exact) mass is 308 g/mol. The van der Waals surface area contributed by atoms with Gasteiger partial charge in [-0.2, -0.15) is 0 Å². The fourth-order valence-electron chi connectivity index (χ4n) is 1.91. The summed E-state index contributed by atoms with van der Waals surface area (Å²) in [6.45, 7) is 0. The van der Waals surface area contributed by atoms with E-state index in [4.69, 9.17) is 0 Å². The average molecular weight is 309 g/mol. The maximum atomic E-state index is 13.4. The van der Waals surface area contributed by atoms with Crippen molar-refractivity contribution in [2.24, 2.45) is 0 Å². The Morgan fingerprint density at radius 2 is 1.50 bits per heavy atom. The largest absolute Gasteiger partial charge is 0.392 e. The van der Waals surface area contributed by atoms with Gasteiger partial charge >= 0.3 is 0 Å². The number of aliphatic hydroxyl groups excluding tert-OH is 1. The molecule has 3 heteroatoms. The maximum absolute atomic E-state index is 13.4. The third-order valence-electron chi connectivity index (χ3n) is 2.83. The molecule has 0 aliphatic heterocycles. The highest BCUT2D eigenvalue weighted by Crippen LogP contribution is 2.19. The lowest BCUT2D eigenvalue weighted by atomic mass is 10.0. The molecule has 2 aromatic carbocycles. The van der Waals surface area contributed by atoms with Crippen LogP contribution in [0.25, 0.3) is 0 Å². The van der Waals surface area contributed by atoms with Gasteiger partial charge < -0.3 is 5.11 Å². The lowest BCUT2D eigenvalue weighted by Crippen LogP contribution is -2.15. The van der Waals surface area contributed by atoms with E-state index in [-0.39, 0.29) is 5.82 Å². The zero-order valence-corrected chi connectivity index (χ0v) is 11.4. The lowest BCUT2D eigenvalue weighted by molar-refractivity contribution is 0.174. The lowest BCUT2D eigenvalue weighted by Gasteiger charge is -2.12. The van der Waals surface area contributed by atoms with Gasteiger partial charge in [0, 0.05) is 10.9 Å². The van der Waals surface area contributed by atoms with Crippen LogP contribution in [0.5, 0.6) is 0 Å². The highest BCUT2D eigenvalue weighted by Gasteiger charge is 2.11. The predicted molar refractivity (Wildman–Crippen MR) is 74.0 cm³/mol. The van der Waals surface area contributed by atoms with E-state index in [0.717, 1.165) is 10.0 Å². The van der Waals surface area contributed by atoms with Crippen molar-refractivity contribution < 1.29 is 9.50 Å². The third kappa shape index (κ3) is 3.40. The molecule has 0 bridgehead atoms. The second kappa shape index (κ2) is 6.12. The topological polar surface area (TPSA) is 20.2 Å². The van der Waals surface area contributed by atoms with Crippen molar-refractivity contribution in [1.82, 2.24) is 0 Å². The van der Waals surface area contributed by atoms with Crippen LogP contribution in [0.4, 0.5) is 4.39 Å². The molecule has 94 valence electrons. The van der Waals surface area contributed by atoms with Gasteiger partial charge in [-0.25, -0.2) is 4.39 Å². The Balaban J connectivity index is 2.04. The number of hydrogen-bond acceptors (Lipinski definition) is 1. The van der Waals surface area contributed by atoms with E-state index < -0.39 is 6.10 Å². The first kappa shape index (κ1) is 13.2. The van der Waals surface area contributed by atoms with Crippen LogP contribution in [0, 0.1) is 5.82 Å². The van der Waals surface area contributed by atoms with Gasteiger partial charge in [0.1, 0.15) is 5.82 Å². The van der Waals surface area contributed by atoms with Gasteiger partial charge in [0.2, 0.25) is 0 Å². The number of benzene rings is 2. The number of rotatable bonds is 4. The van der Waals surface area contributed by atoms with E-state index in [9.17, 15) is 9.50 Å². The molecule has 0 saturated carbocycles. The van der Waals surface area contributed by atoms with Gasteiger partial charge in [-0.05, 0) is 29.7 Å². The molecule has 2 aromatic rings. The van der Waals surface area contributed by atoms with Crippen LogP contribution < -0.4 is 0 Å². The number of aliphatic hydroxyl groups is 1. The van der Waals surface area contributed by atoms with E-state index in [1.165, 1.54) is 6.07 Å². The minimum Gasteiger partial charge on any atom is -0.392 e. The highest BCUT2D eigenvalue weighted by atomic mass is 79.9. The van der Waals surface area contributed by atoms with Crippen LogP contribution >= 0.6 is 15.9 Å². The third-order valence-corrected chi connectivity index (χ3v) is 3.60. The molecular weight excluding hydrogens is 295 g/mol. The van der Waals surface area contributed by atoms with Crippen LogP contribution in [0.2, 0.25) is 0 Å². The van der Waals surface area contributed by atoms with Crippen LogP contribution in [-0.2, 0) is 12.8 Å². The predicted octanol–water partition coefficient (Wildman–Crippen LogP) is 3.73. The van der Waals surface area contributed by atoms with Crippen molar-refractivity contribution >= 4 is 15.9 Å². The zero-order valence-electron chi connectivity index (χ0n) is 9.81. The molecule has 18 heavy (non-hydrogen) atoms. The molecule has 2 rings (SSSR count). The molecule has 0 amide bonds. The highest BCUT2D eigenvalue weighted by molar-refractivity contribution is 9.10. The normalized spacial score (nSPS) is 12.4. The Morgan fingerprint density at radius 3 is 2.17 bits per heavy atom. The molecule has 1 N–H and O–H groups in total. The second-order valence-electron chi connectivity index (χ2n) is 4.24. The van der Waals surface area contributed by atoms with Gasteiger partial charge in [0.05, 0.1) is 6.10 Å². The van der Waals surface area contributed by atoms with Crippen molar-refractivity contribution in [3.8, 4) is 0 Å². The number of halogens is 2. The Labute approximate surface area is 114 Å². The summed E-state index contributed by atoms with van der Waals surface area (Å²) in [4.78, 5) is 0. The van der Waals surface area contributed by atoms with E-state index >= 15 is 0 Å². The van der Waals surface area contributed by atoms with Crippen LogP contribution in [0.1, 0.15) is 11.1 Å². The zero-order chi connectivity index (χ0) is 13.0. The summed E-state index contributed by atoms with van der Waals surface area (Å²) >= 11 is 3.44. The van der Waals surface area contributed by atoms with E-state index in [0.29, 0.717) is 18.4 Å². The van der Waals surface area contributed by atoms with Crippen LogP contribution in [0.15, 0.2) is 53.0 Å². The van der Waals surface area contributed by atoms with Gasteiger partial charge in [0.15, 0.2) is 0 Å². The molecule has 0 heterocycles. The van der Waals surface area contributed by atoms with E-state index in [2.05, 4.69) is 15.9 Å². The summed E-state index contributed by atoms with van der Waals surface area (Å²) in [5.74, 6) is -0.260. The van der Waals surface area contributed by atoms with Crippen LogP contribution in [0.3, 0.4) is 0 Å². The molecular formula is C15H14BrFO. The fourth-order valence-corrected chi connectivity index (χ4v) is 2.35. The summed E-state index contributed by atoms with van der Waals surface area (Å²) in [6, 6.07) is 14.3. The first-order chi connectivity index (χ1) is 8.66. The first-order valence-corrected chi connectivity index (χ1v) is 6.61. The minimum atomic E-state index is -0.583. The molecule has 0 fully saturated rings. The van der Waals surface area contributed by atoms with Gasteiger partial charge in [0.25, 0.3) is 0 Å². The maximum Gasteiger partial charge on any atom is 0.126 e. The van der Waals surface area contributed by atoms with Gasteiger partial charge in [-0.3, -0.25) is 0 Å². The first-order valence-electron chi connectivity index (χ1n) is 5.81. The van der Waals surface area contributed by atoms with Gasteiger partial charge in [-0.15, -0.1) is 0 Å². The quantitative estimate of drug-likeness (QED) is 0.912. The van der Waals surface area contributed by atoms with Crippen molar-refractivity contribution in [3.63, 3.8) is 0 Å². The second-order valence-corrected chi connectivity index (χ2v) is 5.10. The van der Waals surface area contributed by atoms with Crippen molar-refractivity contribution in [1.29, 1.82) is 0 Å². The molecule has 0 aliphatic rings. The molecule has 0 aromatic heterocycles.